The zero-order chi connectivity index (χ0) is 21.2. The van der Waals surface area contributed by atoms with Gasteiger partial charge in [0.05, 0.1) is 11.8 Å². The Morgan fingerprint density at radius 1 is 0.750 bits per heavy atom. The number of hydrogen-bond donors (Lipinski definition) is 0. The molecule has 1 aliphatic rings. The summed E-state index contributed by atoms with van der Waals surface area (Å²) in [4.78, 5) is 44.6. The van der Waals surface area contributed by atoms with Crippen molar-refractivity contribution < 1.29 is 39.2 Å². The number of hydrogen-bond acceptors (Lipinski definition) is 8. The van der Waals surface area contributed by atoms with Crippen LogP contribution in [0.1, 0.15) is 92.9 Å². The van der Waals surface area contributed by atoms with Crippen LogP contribution < -0.4 is 0 Å². The lowest BCUT2D eigenvalue weighted by atomic mass is 9.79. The first-order chi connectivity index (χ1) is 13.1. The average Bonchev–Trinajstić information content (AvgIpc) is 2.61. The molecule has 0 aromatic carbocycles. The van der Waals surface area contributed by atoms with Gasteiger partial charge in [-0.15, -0.1) is 0 Å². The summed E-state index contributed by atoms with van der Waals surface area (Å²) in [5.41, 5.74) is -1.15. The molecule has 0 N–H and O–H groups in total. The minimum absolute atomic E-state index is 0.502. The fourth-order valence-corrected chi connectivity index (χ4v) is 3.39. The summed E-state index contributed by atoms with van der Waals surface area (Å²) >= 11 is 0. The predicted molar refractivity (Wildman–Crippen MR) is 99.9 cm³/mol. The van der Waals surface area contributed by atoms with Crippen LogP contribution in [0.3, 0.4) is 0 Å². The van der Waals surface area contributed by atoms with Crippen LogP contribution in [0, 0.1) is 11.8 Å². The van der Waals surface area contributed by atoms with Crippen molar-refractivity contribution in [3.63, 3.8) is 0 Å². The Morgan fingerprint density at radius 2 is 1.11 bits per heavy atom. The summed E-state index contributed by atoms with van der Waals surface area (Å²) in [6.45, 7) is 11.4. The minimum atomic E-state index is -0.675. The summed E-state index contributed by atoms with van der Waals surface area (Å²) in [5.74, 6) is -2.65. The Morgan fingerprint density at radius 3 is 1.43 bits per heavy atom. The van der Waals surface area contributed by atoms with E-state index in [2.05, 4.69) is 10.1 Å². The molecule has 8 nitrogen and oxygen atoms in total. The van der Waals surface area contributed by atoms with Crippen molar-refractivity contribution >= 4 is 11.9 Å². The van der Waals surface area contributed by atoms with E-state index >= 15 is 0 Å². The highest BCUT2D eigenvalue weighted by Crippen LogP contribution is 2.32. The van der Waals surface area contributed by atoms with Gasteiger partial charge in [-0.25, -0.2) is 9.59 Å². The van der Waals surface area contributed by atoms with E-state index in [-0.39, 0.29) is 0 Å². The lowest BCUT2D eigenvalue weighted by Crippen LogP contribution is -2.36. The molecule has 1 aliphatic carbocycles. The molecule has 0 aromatic heterocycles. The molecular weight excluding hydrogens is 368 g/mol. The molecule has 0 radical (unpaired) electrons. The van der Waals surface area contributed by atoms with Crippen LogP contribution in [0.5, 0.6) is 0 Å². The Balaban J connectivity index is 2.51. The van der Waals surface area contributed by atoms with Crippen LogP contribution in [0.2, 0.25) is 0 Å². The van der Waals surface area contributed by atoms with Gasteiger partial charge in [-0.3, -0.25) is 9.78 Å². The first-order valence-corrected chi connectivity index (χ1v) is 10.2. The maximum Gasteiger partial charge on any atom is 0.349 e. The molecule has 164 valence electrons. The molecule has 1 fully saturated rings. The molecule has 0 saturated heterocycles. The Labute approximate surface area is 167 Å². The second-order valence-electron chi connectivity index (χ2n) is 8.62. The molecule has 0 aromatic rings. The quantitative estimate of drug-likeness (QED) is 0.340. The summed E-state index contributed by atoms with van der Waals surface area (Å²) < 4.78 is 0. The van der Waals surface area contributed by atoms with E-state index in [0.29, 0.717) is 12.8 Å². The third kappa shape index (κ3) is 8.86. The highest BCUT2D eigenvalue weighted by atomic mass is 17.5. The first kappa shape index (κ1) is 24.8. The molecule has 0 spiro atoms. The third-order valence-corrected chi connectivity index (χ3v) is 4.83. The molecular formula is C20H36O8. The summed E-state index contributed by atoms with van der Waals surface area (Å²) in [7, 11) is 0. The van der Waals surface area contributed by atoms with Gasteiger partial charge in [0.2, 0.25) is 0 Å². The normalized spacial score (nSPS) is 20.6. The van der Waals surface area contributed by atoms with E-state index in [1.54, 1.807) is 0 Å². The molecule has 2 atom stereocenters. The lowest BCUT2D eigenvalue weighted by Gasteiger charge is -2.28. The van der Waals surface area contributed by atoms with Gasteiger partial charge in [0.1, 0.15) is 11.2 Å². The van der Waals surface area contributed by atoms with E-state index in [1.165, 1.54) is 0 Å². The number of carbonyl (C=O) groups excluding carboxylic acids is 2. The molecule has 8 heteroatoms. The maximum absolute atomic E-state index is 12.4. The van der Waals surface area contributed by atoms with Crippen LogP contribution in [-0.2, 0) is 39.2 Å². The molecule has 1 rings (SSSR count). The number of rotatable bonds is 12. The summed E-state index contributed by atoms with van der Waals surface area (Å²) in [6, 6.07) is 0. The molecule has 2 unspecified atom stereocenters. The van der Waals surface area contributed by atoms with E-state index in [9.17, 15) is 9.59 Å². The average molecular weight is 405 g/mol. The van der Waals surface area contributed by atoms with Crippen LogP contribution >= 0.6 is 0 Å². The molecule has 28 heavy (non-hydrogen) atoms. The van der Waals surface area contributed by atoms with Crippen molar-refractivity contribution in [2.45, 2.75) is 104 Å². The molecule has 0 aliphatic heterocycles. The van der Waals surface area contributed by atoms with E-state index < -0.39 is 35.0 Å². The van der Waals surface area contributed by atoms with Gasteiger partial charge in [-0.05, 0) is 63.5 Å². The van der Waals surface area contributed by atoms with Crippen molar-refractivity contribution in [1.29, 1.82) is 0 Å². The van der Waals surface area contributed by atoms with Crippen LogP contribution in [0.25, 0.3) is 0 Å². The lowest BCUT2D eigenvalue weighted by molar-refractivity contribution is -0.520. The van der Waals surface area contributed by atoms with E-state index in [1.807, 2.05) is 41.5 Å². The third-order valence-electron chi connectivity index (χ3n) is 4.83. The fourth-order valence-electron chi connectivity index (χ4n) is 3.39. The molecule has 1 saturated carbocycles. The minimum Gasteiger partial charge on any atom is -0.268 e. The molecule has 0 heterocycles. The fraction of sp³-hybridized carbons (Fsp3) is 0.900. The summed E-state index contributed by atoms with van der Waals surface area (Å²) in [6.07, 6.45) is 5.92. The topological polar surface area (TPSA) is 89.5 Å². The van der Waals surface area contributed by atoms with Crippen LogP contribution in [0.15, 0.2) is 0 Å². The van der Waals surface area contributed by atoms with Gasteiger partial charge < -0.3 is 0 Å². The Kier molecular flexibility index (Phi) is 10.4. The monoisotopic (exact) mass is 404 g/mol. The van der Waals surface area contributed by atoms with Gasteiger partial charge >= 0.3 is 11.9 Å². The standard InChI is InChI=1S/C20H36O8/c1-7-13-19(3,4)25-27-23-17(21)15-11-9-10-12-16(15)18(22)24-28-26-20(5,6)14-8-2/h15-16H,7-14H2,1-6H3. The highest BCUT2D eigenvalue weighted by Gasteiger charge is 2.40. The second kappa shape index (κ2) is 11.7. The zero-order valence-corrected chi connectivity index (χ0v) is 18.1. The van der Waals surface area contributed by atoms with Crippen molar-refractivity contribution in [3.8, 4) is 0 Å². The second-order valence-corrected chi connectivity index (χ2v) is 8.62. The number of carbonyl (C=O) groups is 2. The van der Waals surface area contributed by atoms with Crippen LogP contribution in [0.4, 0.5) is 0 Å². The van der Waals surface area contributed by atoms with Crippen molar-refractivity contribution in [2.75, 3.05) is 0 Å². The van der Waals surface area contributed by atoms with E-state index in [0.717, 1.165) is 38.5 Å². The maximum atomic E-state index is 12.4. The molecule has 0 amide bonds. The zero-order valence-electron chi connectivity index (χ0n) is 18.1. The Hall–Kier alpha value is -1.22. The van der Waals surface area contributed by atoms with Gasteiger partial charge in [0.15, 0.2) is 0 Å². The SMILES string of the molecule is CCCC(C)(C)OOOC(=O)C1CCCCC1C(=O)OOOC(C)(C)CCC. The van der Waals surface area contributed by atoms with Crippen molar-refractivity contribution in [1.82, 2.24) is 0 Å². The van der Waals surface area contributed by atoms with Gasteiger partial charge in [-0.1, -0.05) is 39.5 Å². The van der Waals surface area contributed by atoms with E-state index in [4.69, 9.17) is 19.6 Å². The van der Waals surface area contributed by atoms with Crippen molar-refractivity contribution in [2.24, 2.45) is 11.8 Å². The predicted octanol–water partition coefficient (Wildman–Crippen LogP) is 4.76. The first-order valence-electron chi connectivity index (χ1n) is 10.2. The molecule has 0 bridgehead atoms. The Bertz CT molecular complexity index is 445. The van der Waals surface area contributed by atoms with Gasteiger partial charge in [0.25, 0.3) is 0 Å². The smallest absolute Gasteiger partial charge is 0.268 e. The summed E-state index contributed by atoms with van der Waals surface area (Å²) in [5, 5.41) is 9.38. The largest absolute Gasteiger partial charge is 0.349 e. The van der Waals surface area contributed by atoms with Crippen LogP contribution in [-0.4, -0.2) is 23.1 Å². The van der Waals surface area contributed by atoms with Gasteiger partial charge in [0, 0.05) is 0 Å². The van der Waals surface area contributed by atoms with Crippen molar-refractivity contribution in [3.05, 3.63) is 0 Å². The highest BCUT2D eigenvalue weighted by molar-refractivity contribution is 5.81. The van der Waals surface area contributed by atoms with Gasteiger partial charge in [-0.2, -0.15) is 9.78 Å².